The monoisotopic (exact) mass is 487 g/mol. The summed E-state index contributed by atoms with van der Waals surface area (Å²) in [7, 11) is 0. The fourth-order valence-corrected chi connectivity index (χ4v) is 3.21. The molecule has 0 radical (unpaired) electrons. The van der Waals surface area contributed by atoms with Gasteiger partial charge in [-0.05, 0) is 32.4 Å². The number of hydrogen-bond donors (Lipinski definition) is 1. The smallest absolute Gasteiger partial charge is 0.219 e. The molecular formula is C20H34IN5O. The number of anilines is 1. The van der Waals surface area contributed by atoms with Crippen molar-refractivity contribution in [3.05, 3.63) is 30.3 Å². The van der Waals surface area contributed by atoms with Crippen molar-refractivity contribution < 1.29 is 4.79 Å². The number of rotatable bonds is 7. The number of halogens is 1. The first-order valence-corrected chi connectivity index (χ1v) is 9.74. The Kier molecular flexibility index (Phi) is 11.2. The van der Waals surface area contributed by atoms with Crippen molar-refractivity contribution in [1.82, 2.24) is 15.1 Å². The average molecular weight is 487 g/mol. The minimum absolute atomic E-state index is 0. The fourth-order valence-electron chi connectivity index (χ4n) is 3.21. The summed E-state index contributed by atoms with van der Waals surface area (Å²) in [5.74, 6) is 1.13. The van der Waals surface area contributed by atoms with E-state index in [1.165, 1.54) is 5.69 Å². The molecule has 1 fully saturated rings. The third-order valence-corrected chi connectivity index (χ3v) is 4.71. The number of hydrogen-bond acceptors (Lipinski definition) is 3. The summed E-state index contributed by atoms with van der Waals surface area (Å²) >= 11 is 0. The standard InChI is InChI=1S/C20H33N5O.HI/c1-4-21-20(25-16-14-24(15-17-25)18(3)26)22-12-9-13-23(5-2)19-10-7-6-8-11-19;/h6-8,10-11H,4-5,9,12-17H2,1-3H3,(H,21,22);1H. The Labute approximate surface area is 181 Å². The minimum atomic E-state index is 0. The summed E-state index contributed by atoms with van der Waals surface area (Å²) in [6, 6.07) is 10.5. The largest absolute Gasteiger partial charge is 0.372 e. The minimum Gasteiger partial charge on any atom is -0.372 e. The van der Waals surface area contributed by atoms with Crippen LogP contribution in [0.25, 0.3) is 0 Å². The molecule has 0 aliphatic carbocycles. The van der Waals surface area contributed by atoms with Crippen molar-refractivity contribution >= 4 is 41.5 Å². The zero-order valence-corrected chi connectivity index (χ0v) is 19.2. The molecule has 27 heavy (non-hydrogen) atoms. The van der Waals surface area contributed by atoms with Gasteiger partial charge in [0.1, 0.15) is 0 Å². The van der Waals surface area contributed by atoms with Gasteiger partial charge in [-0.1, -0.05) is 18.2 Å². The van der Waals surface area contributed by atoms with Gasteiger partial charge < -0.3 is 20.0 Å². The Morgan fingerprint density at radius 2 is 1.74 bits per heavy atom. The van der Waals surface area contributed by atoms with Gasteiger partial charge in [0.05, 0.1) is 0 Å². The summed E-state index contributed by atoms with van der Waals surface area (Å²) < 4.78 is 0. The van der Waals surface area contributed by atoms with Crippen LogP contribution in [0.4, 0.5) is 5.69 Å². The van der Waals surface area contributed by atoms with E-state index in [9.17, 15) is 4.79 Å². The van der Waals surface area contributed by atoms with Gasteiger partial charge >= 0.3 is 0 Å². The first-order chi connectivity index (χ1) is 12.7. The normalized spacial score (nSPS) is 14.6. The molecule has 0 bridgehead atoms. The second-order valence-corrected chi connectivity index (χ2v) is 6.50. The predicted octanol–water partition coefficient (Wildman–Crippen LogP) is 2.65. The van der Waals surface area contributed by atoms with E-state index in [1.54, 1.807) is 6.92 Å². The quantitative estimate of drug-likeness (QED) is 0.278. The number of nitrogens with one attached hydrogen (secondary N) is 1. The first-order valence-electron chi connectivity index (χ1n) is 9.74. The van der Waals surface area contributed by atoms with Gasteiger partial charge in [0.25, 0.3) is 0 Å². The zero-order valence-electron chi connectivity index (χ0n) is 16.9. The summed E-state index contributed by atoms with van der Waals surface area (Å²) in [6.07, 6.45) is 1.02. The number of carbonyl (C=O) groups excluding carboxylic acids is 1. The van der Waals surface area contributed by atoms with E-state index >= 15 is 0 Å². The fraction of sp³-hybridized carbons (Fsp3) is 0.600. The lowest BCUT2D eigenvalue weighted by molar-refractivity contribution is -0.130. The molecule has 6 nitrogen and oxygen atoms in total. The van der Waals surface area contributed by atoms with E-state index in [0.717, 1.165) is 64.7 Å². The van der Waals surface area contributed by atoms with Gasteiger partial charge in [-0.15, -0.1) is 24.0 Å². The van der Waals surface area contributed by atoms with Crippen LogP contribution in [0.3, 0.4) is 0 Å². The lowest BCUT2D eigenvalue weighted by Crippen LogP contribution is -2.53. The lowest BCUT2D eigenvalue weighted by atomic mass is 10.2. The second-order valence-electron chi connectivity index (χ2n) is 6.50. The van der Waals surface area contributed by atoms with Crippen LogP contribution in [-0.4, -0.2) is 74.0 Å². The van der Waals surface area contributed by atoms with Crippen LogP contribution in [0.5, 0.6) is 0 Å². The van der Waals surface area contributed by atoms with E-state index in [0.29, 0.717) is 0 Å². The number of guanidine groups is 1. The van der Waals surface area contributed by atoms with Gasteiger partial charge in [0.15, 0.2) is 5.96 Å². The summed E-state index contributed by atoms with van der Waals surface area (Å²) in [5, 5.41) is 3.39. The molecule has 1 aromatic rings. The molecule has 0 atom stereocenters. The summed E-state index contributed by atoms with van der Waals surface area (Å²) in [5.41, 5.74) is 1.27. The number of amides is 1. The van der Waals surface area contributed by atoms with Gasteiger partial charge in [-0.25, -0.2) is 0 Å². The van der Waals surface area contributed by atoms with Crippen molar-refractivity contribution in [2.45, 2.75) is 27.2 Å². The lowest BCUT2D eigenvalue weighted by Gasteiger charge is -2.36. The number of benzene rings is 1. The highest BCUT2D eigenvalue weighted by molar-refractivity contribution is 14.0. The molecule has 0 saturated carbocycles. The van der Waals surface area contributed by atoms with Crippen molar-refractivity contribution in [2.24, 2.45) is 4.99 Å². The number of aliphatic imine (C=N–C) groups is 1. The maximum Gasteiger partial charge on any atom is 0.219 e. The maximum atomic E-state index is 11.5. The van der Waals surface area contributed by atoms with Gasteiger partial charge in [-0.3, -0.25) is 9.79 Å². The zero-order chi connectivity index (χ0) is 18.8. The summed E-state index contributed by atoms with van der Waals surface area (Å²) in [6.45, 7) is 12.8. The molecule has 1 aliphatic heterocycles. The summed E-state index contributed by atoms with van der Waals surface area (Å²) in [4.78, 5) is 22.8. The molecule has 0 aromatic heterocycles. The second kappa shape index (κ2) is 12.8. The van der Waals surface area contributed by atoms with Crippen LogP contribution in [0.15, 0.2) is 35.3 Å². The molecule has 0 spiro atoms. The van der Waals surface area contributed by atoms with Crippen LogP contribution in [0.2, 0.25) is 0 Å². The molecule has 0 unspecified atom stereocenters. The Bertz CT molecular complexity index is 573. The third kappa shape index (κ3) is 7.56. The van der Waals surface area contributed by atoms with Crippen LogP contribution < -0.4 is 10.2 Å². The van der Waals surface area contributed by atoms with Crippen LogP contribution in [0, 0.1) is 0 Å². The highest BCUT2D eigenvalue weighted by Gasteiger charge is 2.20. The molecule has 1 saturated heterocycles. The highest BCUT2D eigenvalue weighted by atomic mass is 127. The molecule has 1 N–H and O–H groups in total. The van der Waals surface area contributed by atoms with E-state index in [4.69, 9.17) is 4.99 Å². The molecule has 152 valence electrons. The molecule has 1 aliphatic rings. The van der Waals surface area contributed by atoms with Gasteiger partial charge in [0.2, 0.25) is 5.91 Å². The Hall–Kier alpha value is -1.51. The number of piperazine rings is 1. The number of nitrogens with zero attached hydrogens (tertiary/aromatic N) is 4. The Morgan fingerprint density at radius 3 is 2.30 bits per heavy atom. The topological polar surface area (TPSA) is 51.2 Å². The van der Waals surface area contributed by atoms with Crippen molar-refractivity contribution in [3.8, 4) is 0 Å². The van der Waals surface area contributed by atoms with Crippen molar-refractivity contribution in [2.75, 3.05) is 57.3 Å². The van der Waals surface area contributed by atoms with Crippen molar-refractivity contribution in [1.29, 1.82) is 0 Å². The van der Waals surface area contributed by atoms with Crippen LogP contribution in [0.1, 0.15) is 27.2 Å². The first kappa shape index (κ1) is 23.5. The highest BCUT2D eigenvalue weighted by Crippen LogP contribution is 2.13. The Morgan fingerprint density at radius 1 is 1.11 bits per heavy atom. The van der Waals surface area contributed by atoms with E-state index in [1.807, 2.05) is 4.90 Å². The van der Waals surface area contributed by atoms with Crippen LogP contribution in [-0.2, 0) is 4.79 Å². The number of carbonyl (C=O) groups is 1. The molecule has 1 heterocycles. The molecular weight excluding hydrogens is 453 g/mol. The van der Waals surface area contributed by atoms with Gasteiger partial charge in [-0.2, -0.15) is 0 Å². The molecule has 7 heteroatoms. The molecule has 1 aromatic carbocycles. The SMILES string of the molecule is CCNC(=NCCCN(CC)c1ccccc1)N1CCN(C(C)=O)CC1.I. The van der Waals surface area contributed by atoms with Crippen molar-refractivity contribution in [3.63, 3.8) is 0 Å². The molecule has 1 amide bonds. The van der Waals surface area contributed by atoms with Gasteiger partial charge in [0, 0.05) is 65.0 Å². The van der Waals surface area contributed by atoms with Crippen LogP contribution >= 0.6 is 24.0 Å². The average Bonchev–Trinajstić information content (AvgIpc) is 2.68. The number of para-hydroxylation sites is 1. The van der Waals surface area contributed by atoms with E-state index in [2.05, 4.69) is 59.3 Å². The maximum absolute atomic E-state index is 11.5. The van der Waals surface area contributed by atoms with E-state index in [-0.39, 0.29) is 29.9 Å². The molecule has 2 rings (SSSR count). The Balaban J connectivity index is 0.00000364. The third-order valence-electron chi connectivity index (χ3n) is 4.71. The predicted molar refractivity (Wildman–Crippen MR) is 124 cm³/mol. The van der Waals surface area contributed by atoms with E-state index < -0.39 is 0 Å².